The average molecular weight is 902 g/mol. The van der Waals surface area contributed by atoms with Gasteiger partial charge in [-0.1, -0.05) is 80.2 Å². The van der Waals surface area contributed by atoms with E-state index in [0.717, 1.165) is 47.7 Å². The van der Waals surface area contributed by atoms with Crippen molar-refractivity contribution < 1.29 is 33.0 Å². The minimum atomic E-state index is -1.05. The van der Waals surface area contributed by atoms with Gasteiger partial charge in [-0.05, 0) is 61.9 Å². The van der Waals surface area contributed by atoms with E-state index in [1.807, 2.05) is 67.8 Å². The topological polar surface area (TPSA) is 119 Å². The molecule has 1 aromatic heterocycles. The van der Waals surface area contributed by atoms with Crippen molar-refractivity contribution in [3.8, 4) is 23.8 Å². The molecule has 0 N–H and O–H groups in total. The third-order valence-electron chi connectivity index (χ3n) is 9.72. The zero-order valence-corrected chi connectivity index (χ0v) is 37.4. The second-order valence-electron chi connectivity index (χ2n) is 14.8. The molecule has 0 aliphatic carbocycles. The number of carbonyl (C=O) groups is 3. The zero-order chi connectivity index (χ0) is 43.7. The molecular formula is C43H48Cl3FN6O6S. The number of para-hydroxylation sites is 3. The molecular weight excluding hydrogens is 854 g/mol. The summed E-state index contributed by atoms with van der Waals surface area (Å²) in [5, 5.41) is 0. The Morgan fingerprint density at radius 2 is 1.88 bits per heavy atom. The molecule has 0 saturated carbocycles. The second-order valence-corrected chi connectivity index (χ2v) is 16.9. The lowest BCUT2D eigenvalue weighted by molar-refractivity contribution is -0.121. The van der Waals surface area contributed by atoms with Crippen molar-refractivity contribution in [3.63, 3.8) is 0 Å². The summed E-state index contributed by atoms with van der Waals surface area (Å²) >= 11 is 18.2. The van der Waals surface area contributed by atoms with E-state index in [9.17, 15) is 18.8 Å². The number of ether oxygens (including phenoxy) is 3. The lowest BCUT2D eigenvalue weighted by Gasteiger charge is -2.35. The highest BCUT2D eigenvalue weighted by Crippen LogP contribution is 2.38. The van der Waals surface area contributed by atoms with E-state index in [-0.39, 0.29) is 60.6 Å². The van der Waals surface area contributed by atoms with Crippen LogP contribution < -0.4 is 29.0 Å². The molecule has 4 heterocycles. The molecule has 0 radical (unpaired) electrons. The van der Waals surface area contributed by atoms with Crippen molar-refractivity contribution in [2.75, 3.05) is 53.7 Å². The third kappa shape index (κ3) is 10.8. The van der Waals surface area contributed by atoms with Gasteiger partial charge in [0.2, 0.25) is 10.7 Å². The van der Waals surface area contributed by atoms with Crippen LogP contribution in [0.1, 0.15) is 51.6 Å². The van der Waals surface area contributed by atoms with Gasteiger partial charge in [0.1, 0.15) is 42.2 Å². The second kappa shape index (κ2) is 20.7. The van der Waals surface area contributed by atoms with Crippen LogP contribution in [0, 0.1) is 30.5 Å². The number of halogens is 4. The Morgan fingerprint density at radius 1 is 1.13 bits per heavy atom. The molecule has 1 atom stereocenters. The van der Waals surface area contributed by atoms with E-state index < -0.39 is 10.7 Å². The number of hydrogen-bond donors (Lipinski definition) is 0. The molecule has 0 fully saturated rings. The minimum absolute atomic E-state index is 0.0371. The van der Waals surface area contributed by atoms with E-state index in [4.69, 9.17) is 55.4 Å². The summed E-state index contributed by atoms with van der Waals surface area (Å²) < 4.78 is 37.2. The Morgan fingerprint density at radius 3 is 2.57 bits per heavy atom. The van der Waals surface area contributed by atoms with Crippen LogP contribution >= 0.6 is 46.3 Å². The van der Waals surface area contributed by atoms with E-state index >= 15 is 0 Å². The molecule has 0 saturated heterocycles. The van der Waals surface area contributed by atoms with Gasteiger partial charge >= 0.3 is 0 Å². The normalized spacial score (nSPS) is 16.2. The summed E-state index contributed by atoms with van der Waals surface area (Å²) in [6.45, 7) is 14.2. The van der Waals surface area contributed by atoms with Gasteiger partial charge in [0.25, 0.3) is 11.8 Å². The Kier molecular flexibility index (Phi) is 16.0. The minimum Gasteiger partial charge on any atom is -0.489 e. The van der Waals surface area contributed by atoms with E-state index in [2.05, 4.69) is 36.1 Å². The maximum Gasteiger partial charge on any atom is 0.265 e. The van der Waals surface area contributed by atoms with Gasteiger partial charge in [-0.2, -0.15) is 4.37 Å². The molecule has 3 aliphatic rings. The first-order valence-corrected chi connectivity index (χ1v) is 21.5. The van der Waals surface area contributed by atoms with Gasteiger partial charge in [-0.25, -0.2) is 9.38 Å². The van der Waals surface area contributed by atoms with E-state index in [0.29, 0.717) is 35.2 Å². The number of nitrogens with zero attached hydrogens (tertiary/aromatic N) is 6. The van der Waals surface area contributed by atoms with Gasteiger partial charge in [-0.3, -0.25) is 24.2 Å². The molecule has 320 valence electrons. The van der Waals surface area contributed by atoms with Crippen LogP contribution in [0.3, 0.4) is 0 Å². The molecule has 1 unspecified atom stereocenters. The fraction of sp³-hybridized carbons (Fsp3) is 0.419. The van der Waals surface area contributed by atoms with Crippen molar-refractivity contribution in [1.29, 1.82) is 0 Å². The molecule has 12 nitrogen and oxygen atoms in total. The van der Waals surface area contributed by atoms with Crippen molar-refractivity contribution >= 4 is 86.8 Å². The number of terminal acetylenes is 1. The summed E-state index contributed by atoms with van der Waals surface area (Å²) in [4.78, 5) is 44.6. The lowest BCUT2D eigenvalue weighted by Crippen LogP contribution is -2.47. The van der Waals surface area contributed by atoms with Crippen LogP contribution in [0.2, 0.25) is 0 Å². The number of anilines is 3. The van der Waals surface area contributed by atoms with E-state index in [1.54, 1.807) is 9.80 Å². The first kappa shape index (κ1) is 46.4. The fourth-order valence-electron chi connectivity index (χ4n) is 6.89. The summed E-state index contributed by atoms with van der Waals surface area (Å²) in [5.74, 6) is 3.12. The van der Waals surface area contributed by atoms with Crippen LogP contribution in [-0.4, -0.2) is 76.5 Å². The summed E-state index contributed by atoms with van der Waals surface area (Å²) in [6.07, 6.45) is 7.09. The third-order valence-corrected chi connectivity index (χ3v) is 11.1. The fourth-order valence-corrected chi connectivity index (χ4v) is 8.01. The molecule has 3 amide bonds. The summed E-state index contributed by atoms with van der Waals surface area (Å²) in [7, 11) is 0. The van der Waals surface area contributed by atoms with E-state index in [1.165, 1.54) is 28.6 Å². The van der Waals surface area contributed by atoms with Gasteiger partial charge in [0.05, 0.1) is 29.6 Å². The summed E-state index contributed by atoms with van der Waals surface area (Å²) in [6, 6.07) is 16.1. The molecule has 17 heteroatoms. The molecule has 0 bridgehead atoms. The highest BCUT2D eigenvalue weighted by molar-refractivity contribution is 7.02. The Labute approximate surface area is 368 Å². The summed E-state index contributed by atoms with van der Waals surface area (Å²) in [5.41, 5.74) is 4.52. The van der Waals surface area contributed by atoms with Crippen molar-refractivity contribution in [1.82, 2.24) is 8.94 Å². The largest absolute Gasteiger partial charge is 0.489 e. The van der Waals surface area contributed by atoms with Gasteiger partial charge < -0.3 is 23.7 Å². The van der Waals surface area contributed by atoms with Crippen molar-refractivity contribution in [2.45, 2.75) is 71.8 Å². The quantitative estimate of drug-likeness (QED) is 0.0950. The van der Waals surface area contributed by atoms with Gasteiger partial charge in [0.15, 0.2) is 17.3 Å². The molecule has 0 spiro atoms. The molecule has 4 aromatic rings. The number of amides is 3. The molecule has 7 rings (SSSR count). The first-order valence-electron chi connectivity index (χ1n) is 19.3. The van der Waals surface area contributed by atoms with Gasteiger partial charge in [0, 0.05) is 37.2 Å². The highest BCUT2D eigenvalue weighted by atomic mass is 35.5. The maximum atomic E-state index is 14.5. The Bertz CT molecular complexity index is 2310. The molecule has 60 heavy (non-hydrogen) atoms. The molecule has 3 aromatic carbocycles. The number of aryl methyl sites for hydroxylation is 2. The number of benzene rings is 3. The smallest absolute Gasteiger partial charge is 0.265 e. The molecule has 3 aliphatic heterocycles. The van der Waals surface area contributed by atoms with Crippen LogP contribution in [0.15, 0.2) is 59.6 Å². The highest BCUT2D eigenvalue weighted by Gasteiger charge is 2.33. The number of fused-ring (bicyclic) bond motifs is 3. The number of carbonyl (C=O) groups excluding carboxylic acids is 3. The first-order chi connectivity index (χ1) is 28.6. The standard InChI is InChI=1S/C18H17FN4O2S.C14H20ClNO2.C11H11Cl2NO2/c1-4-5-22-13-7-12(11(19)6-14(13)25-9-16(22)24)20-17-23-10-18(2,3)8-15(23)21-26-17;1-4-12-8-6-7-11(3)14(12)16(10-18-5-2)13(17)9-15;1-7-6-16-9-5-3-2-4-8(9)14(7)11(15)10(12)13/h1,6-7H,5,8-10H2,2-3H3;6-8H,4-5,9-10H2,1-3H3;2-5,7,10H,6H2,1H3. The van der Waals surface area contributed by atoms with Crippen LogP contribution in [0.4, 0.5) is 27.1 Å². The van der Waals surface area contributed by atoms with Crippen molar-refractivity contribution in [2.24, 2.45) is 10.4 Å². The monoisotopic (exact) mass is 900 g/mol. The number of hydrogen-bond acceptors (Lipinski definition) is 9. The van der Waals surface area contributed by atoms with Gasteiger partial charge in [-0.15, -0.1) is 18.0 Å². The maximum absolute atomic E-state index is 14.5. The Balaban J connectivity index is 0.000000178. The van der Waals surface area contributed by atoms with Crippen molar-refractivity contribution in [3.05, 3.63) is 82.2 Å². The predicted octanol–water partition coefficient (Wildman–Crippen LogP) is 7.98. The SMILES string of the molecule is C#CCN1C(=O)COc2cc(F)c(N=c3snc4n3CC(C)(C)C4)cc21.CC1COc2ccccc2N1C(=O)C(Cl)Cl.CCOCN(C(=O)CCl)c1c(C)cccc1CC. The lowest BCUT2D eigenvalue weighted by atomic mass is 9.92. The number of aromatic nitrogens is 2. The predicted molar refractivity (Wildman–Crippen MR) is 236 cm³/mol. The number of alkyl halides is 3. The Hall–Kier alpha value is -4.65. The van der Waals surface area contributed by atoms with Crippen LogP contribution in [0.25, 0.3) is 0 Å². The van der Waals surface area contributed by atoms with Crippen LogP contribution in [0.5, 0.6) is 11.5 Å². The zero-order valence-electron chi connectivity index (χ0n) is 34.3. The average Bonchev–Trinajstić information content (AvgIpc) is 3.74. The number of rotatable bonds is 9. The van der Waals surface area contributed by atoms with Crippen LogP contribution in [-0.2, 0) is 38.5 Å².